The maximum atomic E-state index is 12.2. The lowest BCUT2D eigenvalue weighted by molar-refractivity contribution is -0.255. The van der Waals surface area contributed by atoms with Crippen LogP contribution in [0.25, 0.3) is 0 Å². The fourth-order valence-corrected chi connectivity index (χ4v) is 4.06. The fraction of sp³-hybridized carbons (Fsp3) is 0.238. The maximum absolute atomic E-state index is 12.2. The summed E-state index contributed by atoms with van der Waals surface area (Å²) >= 11 is 0. The largest absolute Gasteiger partial charge is 0.545 e. The van der Waals surface area contributed by atoms with Crippen LogP contribution in [0, 0.1) is 5.92 Å². The molecule has 2 aromatic rings. The number of esters is 1. The van der Waals surface area contributed by atoms with Crippen molar-refractivity contribution in [2.24, 2.45) is 5.92 Å². The van der Waals surface area contributed by atoms with Crippen molar-refractivity contribution in [3.8, 4) is 0 Å². The van der Waals surface area contributed by atoms with E-state index in [-0.39, 0.29) is 23.5 Å². The van der Waals surface area contributed by atoms with Crippen LogP contribution in [0.1, 0.15) is 50.2 Å². The van der Waals surface area contributed by atoms with E-state index in [1.54, 1.807) is 18.2 Å². The zero-order valence-corrected chi connectivity index (χ0v) is 14.3. The summed E-state index contributed by atoms with van der Waals surface area (Å²) in [4.78, 5) is 23.2. The summed E-state index contributed by atoms with van der Waals surface area (Å²) in [5.74, 6) is -1.04. The number of fused-ring (bicyclic) bond motifs is 3. The number of benzene rings is 2. The first-order valence-electron chi connectivity index (χ1n) is 8.56. The van der Waals surface area contributed by atoms with E-state index in [9.17, 15) is 14.7 Å². The number of carbonyl (C=O) groups excluding carboxylic acids is 2. The highest BCUT2D eigenvalue weighted by Gasteiger charge is 2.39. The van der Waals surface area contributed by atoms with Crippen molar-refractivity contribution in [2.45, 2.75) is 18.4 Å². The first-order chi connectivity index (χ1) is 12.6. The van der Waals surface area contributed by atoms with Gasteiger partial charge in [0, 0.05) is 5.92 Å². The molecule has 0 unspecified atom stereocenters. The van der Waals surface area contributed by atoms with Gasteiger partial charge in [-0.05, 0) is 35.1 Å². The summed E-state index contributed by atoms with van der Waals surface area (Å²) in [5, 5.41) is 14.5. The van der Waals surface area contributed by atoms with Gasteiger partial charge < -0.3 is 20.0 Å². The van der Waals surface area contributed by atoms with Crippen LogP contribution in [-0.2, 0) is 4.74 Å². The molecule has 0 bridgehead atoms. The molecule has 1 aliphatic carbocycles. The minimum atomic E-state index is -1.19. The molecule has 5 heteroatoms. The second-order valence-corrected chi connectivity index (χ2v) is 6.65. The summed E-state index contributed by atoms with van der Waals surface area (Å²) in [6, 6.07) is 12.4. The van der Waals surface area contributed by atoms with Crippen LogP contribution in [-0.4, -0.2) is 19.0 Å². The second kappa shape index (κ2) is 6.33. The molecule has 0 aromatic heterocycles. The van der Waals surface area contributed by atoms with Crippen molar-refractivity contribution in [2.75, 3.05) is 12.4 Å². The summed E-state index contributed by atoms with van der Waals surface area (Å²) in [6.45, 7) is 0. The molecule has 1 N–H and O–H groups in total. The number of rotatable bonds is 3. The number of methoxy groups -OCH3 is 1. The number of allylic oxidation sites excluding steroid dienone is 2. The molecule has 3 atom stereocenters. The van der Waals surface area contributed by atoms with Gasteiger partial charge in [-0.3, -0.25) is 0 Å². The SMILES string of the molecule is COC(=O)c1cccc2c1N[C@H](c1ccc(C(=O)[O-])cc1)[C@@H]1CC=C[C@@H]21. The number of carboxylic acid groups (broad SMARTS) is 1. The molecule has 26 heavy (non-hydrogen) atoms. The van der Waals surface area contributed by atoms with Crippen LogP contribution in [0.3, 0.4) is 0 Å². The van der Waals surface area contributed by atoms with Crippen molar-refractivity contribution < 1.29 is 19.4 Å². The Morgan fingerprint density at radius 1 is 1.15 bits per heavy atom. The van der Waals surface area contributed by atoms with Crippen molar-refractivity contribution >= 4 is 17.6 Å². The molecule has 2 aliphatic rings. The van der Waals surface area contributed by atoms with E-state index >= 15 is 0 Å². The van der Waals surface area contributed by atoms with E-state index in [4.69, 9.17) is 4.74 Å². The number of hydrogen-bond acceptors (Lipinski definition) is 5. The first-order valence-corrected chi connectivity index (χ1v) is 8.56. The number of carboxylic acids is 1. The fourth-order valence-electron chi connectivity index (χ4n) is 4.06. The Kier molecular flexibility index (Phi) is 3.99. The zero-order valence-electron chi connectivity index (χ0n) is 14.3. The molecule has 0 saturated carbocycles. The van der Waals surface area contributed by atoms with E-state index in [0.29, 0.717) is 11.5 Å². The van der Waals surface area contributed by atoms with Gasteiger partial charge in [-0.2, -0.15) is 0 Å². The minimum Gasteiger partial charge on any atom is -0.545 e. The summed E-state index contributed by atoms with van der Waals surface area (Å²) in [6.07, 6.45) is 5.28. The molecule has 2 aromatic carbocycles. The van der Waals surface area contributed by atoms with Crippen molar-refractivity contribution in [3.05, 3.63) is 76.9 Å². The molecule has 4 rings (SSSR count). The summed E-state index contributed by atoms with van der Waals surface area (Å²) < 4.78 is 4.93. The Morgan fingerprint density at radius 3 is 2.62 bits per heavy atom. The van der Waals surface area contributed by atoms with Gasteiger partial charge >= 0.3 is 5.97 Å². The van der Waals surface area contributed by atoms with Crippen molar-refractivity contribution in [3.63, 3.8) is 0 Å². The Balaban J connectivity index is 1.78. The normalized spacial score (nSPS) is 22.9. The minimum absolute atomic E-state index is 0.0240. The lowest BCUT2D eigenvalue weighted by Crippen LogP contribution is -2.30. The first kappa shape index (κ1) is 16.4. The van der Waals surface area contributed by atoms with Gasteiger partial charge in [-0.15, -0.1) is 0 Å². The lowest BCUT2D eigenvalue weighted by Gasteiger charge is -2.38. The number of ether oxygens (including phenoxy) is 1. The summed E-state index contributed by atoms with van der Waals surface area (Å²) in [7, 11) is 1.37. The topological polar surface area (TPSA) is 78.5 Å². The van der Waals surface area contributed by atoms with Gasteiger partial charge in [0.05, 0.1) is 30.4 Å². The average molecular weight is 348 g/mol. The van der Waals surface area contributed by atoms with E-state index in [1.807, 2.05) is 24.3 Å². The van der Waals surface area contributed by atoms with Crippen LogP contribution in [0.5, 0.6) is 0 Å². The third kappa shape index (κ3) is 2.56. The number of nitrogens with one attached hydrogen (secondary N) is 1. The number of hydrogen-bond donors (Lipinski definition) is 1. The van der Waals surface area contributed by atoms with Gasteiger partial charge in [0.25, 0.3) is 0 Å². The van der Waals surface area contributed by atoms with Crippen LogP contribution in [0.4, 0.5) is 5.69 Å². The summed E-state index contributed by atoms with van der Waals surface area (Å²) in [5.41, 5.74) is 3.54. The maximum Gasteiger partial charge on any atom is 0.339 e. The van der Waals surface area contributed by atoms with Crippen LogP contribution in [0.15, 0.2) is 54.6 Å². The lowest BCUT2D eigenvalue weighted by atomic mass is 9.76. The molecule has 132 valence electrons. The molecule has 1 aliphatic heterocycles. The van der Waals surface area contributed by atoms with Crippen LogP contribution < -0.4 is 10.4 Å². The van der Waals surface area contributed by atoms with Gasteiger partial charge in [0.1, 0.15) is 0 Å². The highest BCUT2D eigenvalue weighted by atomic mass is 16.5. The van der Waals surface area contributed by atoms with Gasteiger partial charge in [0.15, 0.2) is 0 Å². The number of anilines is 1. The zero-order chi connectivity index (χ0) is 18.3. The molecular weight excluding hydrogens is 330 g/mol. The van der Waals surface area contributed by atoms with Crippen LogP contribution >= 0.6 is 0 Å². The molecule has 0 spiro atoms. The second-order valence-electron chi connectivity index (χ2n) is 6.65. The molecule has 0 amide bonds. The number of carbonyl (C=O) groups is 2. The quantitative estimate of drug-likeness (QED) is 0.681. The third-order valence-corrected chi connectivity index (χ3v) is 5.31. The van der Waals surface area contributed by atoms with Gasteiger partial charge in [0.2, 0.25) is 0 Å². The molecule has 0 radical (unpaired) electrons. The monoisotopic (exact) mass is 348 g/mol. The molecule has 1 heterocycles. The Labute approximate surface area is 151 Å². The van der Waals surface area contributed by atoms with E-state index in [0.717, 1.165) is 23.2 Å². The molecule has 5 nitrogen and oxygen atoms in total. The van der Waals surface area contributed by atoms with Crippen molar-refractivity contribution in [1.82, 2.24) is 0 Å². The standard InChI is InChI=1S/C21H19NO4/c1-26-21(25)17-7-3-6-16-14-4-2-5-15(14)18(22-19(16)17)12-8-10-13(11-9-12)20(23)24/h2-4,6-11,14-15,18,22H,5H2,1H3,(H,23,24)/p-1/t14-,15-,18-/m1/s1. The highest BCUT2D eigenvalue weighted by Crippen LogP contribution is 2.50. The number of para-hydroxylation sites is 1. The molecular formula is C21H18NO4-. The van der Waals surface area contributed by atoms with Crippen molar-refractivity contribution in [1.29, 1.82) is 0 Å². The van der Waals surface area contributed by atoms with E-state index in [2.05, 4.69) is 17.5 Å². The van der Waals surface area contributed by atoms with Gasteiger partial charge in [-0.1, -0.05) is 48.6 Å². The number of aromatic carboxylic acids is 1. The average Bonchev–Trinajstić information content (AvgIpc) is 3.16. The smallest absolute Gasteiger partial charge is 0.339 e. The predicted molar refractivity (Wildman–Crippen MR) is 94.9 cm³/mol. The predicted octanol–water partition coefficient (Wildman–Crippen LogP) is 2.66. The van der Waals surface area contributed by atoms with Crippen LogP contribution in [0.2, 0.25) is 0 Å². The van der Waals surface area contributed by atoms with E-state index < -0.39 is 5.97 Å². The Bertz CT molecular complexity index is 901. The molecule has 0 fully saturated rings. The third-order valence-electron chi connectivity index (χ3n) is 5.31. The van der Waals surface area contributed by atoms with Gasteiger partial charge in [-0.25, -0.2) is 4.79 Å². The Hall–Kier alpha value is -3.08. The van der Waals surface area contributed by atoms with E-state index in [1.165, 1.54) is 7.11 Å². The molecule has 0 saturated heterocycles. The highest BCUT2D eigenvalue weighted by molar-refractivity contribution is 5.97. The Morgan fingerprint density at radius 2 is 1.92 bits per heavy atom.